The van der Waals surface area contributed by atoms with Gasteiger partial charge in [0, 0.05) is 6.07 Å². The maximum Gasteiger partial charge on any atom is 0.311 e. The van der Waals surface area contributed by atoms with Crippen LogP contribution in [0.5, 0.6) is 5.75 Å². The summed E-state index contributed by atoms with van der Waals surface area (Å²) >= 11 is 0. The summed E-state index contributed by atoms with van der Waals surface area (Å²) in [5.41, 5.74) is 5.46. The fraction of sp³-hybridized carbons (Fsp3) is 0.462. The van der Waals surface area contributed by atoms with Gasteiger partial charge >= 0.3 is 5.69 Å². The molecule has 1 atom stereocenters. The van der Waals surface area contributed by atoms with Gasteiger partial charge in [-0.15, -0.1) is 0 Å². The zero-order valence-electron chi connectivity index (χ0n) is 11.0. The fourth-order valence-electron chi connectivity index (χ4n) is 1.64. The lowest BCUT2D eigenvalue weighted by Gasteiger charge is -2.15. The smallest absolute Gasteiger partial charge is 0.311 e. The summed E-state index contributed by atoms with van der Waals surface area (Å²) in [7, 11) is 0. The van der Waals surface area contributed by atoms with Crippen molar-refractivity contribution in [1.82, 2.24) is 0 Å². The van der Waals surface area contributed by atoms with E-state index in [-0.39, 0.29) is 11.4 Å². The second-order valence-corrected chi connectivity index (χ2v) is 4.66. The third-order valence-corrected chi connectivity index (χ3v) is 2.73. The van der Waals surface area contributed by atoms with Gasteiger partial charge in [-0.1, -0.05) is 12.1 Å². The number of nitrogens with zero attached hydrogens (tertiary/aromatic N) is 2. The largest absolute Gasteiger partial charge is 0.487 e. The van der Waals surface area contributed by atoms with Crippen LogP contribution in [0.25, 0.3) is 0 Å². The number of hydrogen-bond acceptors (Lipinski definition) is 5. The summed E-state index contributed by atoms with van der Waals surface area (Å²) < 4.78 is 5.46. The molecular formula is C13H17N3O3. The summed E-state index contributed by atoms with van der Waals surface area (Å²) in [6.45, 7) is 3.69. The molecule has 6 heteroatoms. The zero-order valence-corrected chi connectivity index (χ0v) is 11.0. The van der Waals surface area contributed by atoms with E-state index in [0.29, 0.717) is 25.0 Å². The van der Waals surface area contributed by atoms with Crippen LogP contribution >= 0.6 is 0 Å². The average molecular weight is 263 g/mol. The van der Waals surface area contributed by atoms with Crippen molar-refractivity contribution >= 4 is 5.69 Å². The molecule has 1 aromatic rings. The van der Waals surface area contributed by atoms with Crippen LogP contribution in [0.3, 0.4) is 0 Å². The molecule has 1 aromatic carbocycles. The molecule has 6 nitrogen and oxygen atoms in total. The maximum atomic E-state index is 10.9. The minimum Gasteiger partial charge on any atom is -0.487 e. The number of nitriles is 1. The molecule has 2 N–H and O–H groups in total. The molecule has 0 aliphatic heterocycles. The zero-order chi connectivity index (χ0) is 14.5. The van der Waals surface area contributed by atoms with Crippen LogP contribution in [0, 0.1) is 28.4 Å². The van der Waals surface area contributed by atoms with E-state index in [2.05, 4.69) is 0 Å². The average Bonchev–Trinajstić information content (AvgIpc) is 2.35. The highest BCUT2D eigenvalue weighted by Crippen LogP contribution is 2.30. The first-order valence-electron chi connectivity index (χ1n) is 5.94. The van der Waals surface area contributed by atoms with Crippen LogP contribution < -0.4 is 10.5 Å². The normalized spacial score (nSPS) is 13.4. The van der Waals surface area contributed by atoms with Crippen molar-refractivity contribution in [2.24, 2.45) is 5.73 Å². The number of nitro groups is 1. The van der Waals surface area contributed by atoms with Gasteiger partial charge in [-0.25, -0.2) is 0 Å². The third-order valence-electron chi connectivity index (χ3n) is 2.73. The Kier molecular flexibility index (Phi) is 4.84. The molecule has 0 radical (unpaired) electrons. The molecule has 0 saturated heterocycles. The Morgan fingerprint density at radius 2 is 2.26 bits per heavy atom. The molecule has 102 valence electrons. The van der Waals surface area contributed by atoms with E-state index >= 15 is 0 Å². The summed E-state index contributed by atoms with van der Waals surface area (Å²) in [4.78, 5) is 10.4. The summed E-state index contributed by atoms with van der Waals surface area (Å²) in [6, 6.07) is 6.78. The van der Waals surface area contributed by atoms with Crippen molar-refractivity contribution in [3.8, 4) is 11.8 Å². The second-order valence-electron chi connectivity index (χ2n) is 4.66. The van der Waals surface area contributed by atoms with Crippen LogP contribution in [0.2, 0.25) is 0 Å². The standard InChI is InChI=1S/C13H17N3O3/c1-10-5-3-6-11(16(17)18)12(10)19-8-4-7-13(2,15)9-14/h3,5-6H,4,7-8,15H2,1-2H3. The van der Waals surface area contributed by atoms with Crippen molar-refractivity contribution in [3.05, 3.63) is 33.9 Å². The van der Waals surface area contributed by atoms with Crippen LogP contribution in [0.1, 0.15) is 25.3 Å². The number of nitro benzene ring substituents is 1. The van der Waals surface area contributed by atoms with Gasteiger partial charge in [0.2, 0.25) is 0 Å². The first-order chi connectivity index (χ1) is 8.87. The number of rotatable bonds is 6. The molecule has 0 aliphatic rings. The predicted molar refractivity (Wildman–Crippen MR) is 70.8 cm³/mol. The van der Waals surface area contributed by atoms with E-state index in [1.54, 1.807) is 26.0 Å². The second kappa shape index (κ2) is 6.16. The molecule has 0 spiro atoms. The monoisotopic (exact) mass is 263 g/mol. The lowest BCUT2D eigenvalue weighted by atomic mass is 10.00. The molecule has 1 rings (SSSR count). The van der Waals surface area contributed by atoms with Gasteiger partial charge in [0.1, 0.15) is 5.54 Å². The van der Waals surface area contributed by atoms with Gasteiger partial charge in [0.05, 0.1) is 17.6 Å². The van der Waals surface area contributed by atoms with E-state index < -0.39 is 10.5 Å². The summed E-state index contributed by atoms with van der Waals surface area (Å²) in [5, 5.41) is 19.6. The molecular weight excluding hydrogens is 246 g/mol. The summed E-state index contributed by atoms with van der Waals surface area (Å²) in [6.07, 6.45) is 1.04. The fourth-order valence-corrected chi connectivity index (χ4v) is 1.64. The Hall–Kier alpha value is -2.13. The van der Waals surface area contributed by atoms with Crippen molar-refractivity contribution < 1.29 is 9.66 Å². The first kappa shape index (κ1) is 14.9. The number of ether oxygens (including phenoxy) is 1. The minimum atomic E-state index is -0.888. The van der Waals surface area contributed by atoms with Crippen LogP contribution in [-0.2, 0) is 0 Å². The van der Waals surface area contributed by atoms with Gasteiger partial charge in [0.15, 0.2) is 5.75 Å². The maximum absolute atomic E-state index is 10.9. The van der Waals surface area contributed by atoms with Gasteiger partial charge in [0.25, 0.3) is 0 Å². The predicted octanol–water partition coefficient (Wildman–Crippen LogP) is 2.30. The Morgan fingerprint density at radius 3 is 2.84 bits per heavy atom. The minimum absolute atomic E-state index is 0.0456. The molecule has 19 heavy (non-hydrogen) atoms. The number of aryl methyl sites for hydroxylation is 1. The summed E-state index contributed by atoms with van der Waals surface area (Å²) in [5.74, 6) is 0.281. The molecule has 0 fully saturated rings. The molecule has 0 amide bonds. The Morgan fingerprint density at radius 1 is 1.58 bits per heavy atom. The lowest BCUT2D eigenvalue weighted by Crippen LogP contribution is -2.34. The highest BCUT2D eigenvalue weighted by Gasteiger charge is 2.19. The quantitative estimate of drug-likeness (QED) is 0.482. The molecule has 0 saturated carbocycles. The van der Waals surface area contributed by atoms with E-state index in [9.17, 15) is 10.1 Å². The number of benzene rings is 1. The molecule has 0 aliphatic carbocycles. The topological polar surface area (TPSA) is 102 Å². The molecule has 0 heterocycles. The van der Waals surface area contributed by atoms with E-state index in [1.807, 2.05) is 6.07 Å². The van der Waals surface area contributed by atoms with Crippen LogP contribution in [0.15, 0.2) is 18.2 Å². The molecule has 1 unspecified atom stereocenters. The SMILES string of the molecule is Cc1cccc([N+](=O)[O-])c1OCCCC(C)(N)C#N. The first-order valence-corrected chi connectivity index (χ1v) is 5.94. The van der Waals surface area contributed by atoms with Crippen LogP contribution in [0.4, 0.5) is 5.69 Å². The number of para-hydroxylation sites is 1. The van der Waals surface area contributed by atoms with E-state index in [0.717, 1.165) is 0 Å². The number of nitrogens with two attached hydrogens (primary N) is 1. The van der Waals surface area contributed by atoms with Gasteiger partial charge < -0.3 is 10.5 Å². The van der Waals surface area contributed by atoms with Gasteiger partial charge in [-0.2, -0.15) is 5.26 Å². The van der Waals surface area contributed by atoms with Crippen molar-refractivity contribution in [2.45, 2.75) is 32.2 Å². The van der Waals surface area contributed by atoms with Gasteiger partial charge in [-0.05, 0) is 32.3 Å². The Balaban J connectivity index is 2.64. The molecule has 0 bridgehead atoms. The van der Waals surface area contributed by atoms with Crippen molar-refractivity contribution in [1.29, 1.82) is 5.26 Å². The Labute approximate surface area is 111 Å². The highest BCUT2D eigenvalue weighted by molar-refractivity contribution is 5.51. The van der Waals surface area contributed by atoms with Crippen LogP contribution in [-0.4, -0.2) is 17.1 Å². The lowest BCUT2D eigenvalue weighted by molar-refractivity contribution is -0.385. The molecule has 0 aromatic heterocycles. The van der Waals surface area contributed by atoms with Crippen molar-refractivity contribution in [3.63, 3.8) is 0 Å². The Bertz CT molecular complexity index is 506. The number of hydrogen-bond donors (Lipinski definition) is 1. The van der Waals surface area contributed by atoms with E-state index in [4.69, 9.17) is 15.7 Å². The highest BCUT2D eigenvalue weighted by atomic mass is 16.6. The van der Waals surface area contributed by atoms with Crippen molar-refractivity contribution in [2.75, 3.05) is 6.61 Å². The van der Waals surface area contributed by atoms with E-state index in [1.165, 1.54) is 6.07 Å². The third kappa shape index (κ3) is 4.23. The van der Waals surface area contributed by atoms with Gasteiger partial charge in [-0.3, -0.25) is 10.1 Å².